The molecule has 0 saturated carbocycles. The maximum atomic E-state index is 12.6. The molecular weight excluding hydrogens is 374 g/mol. The van der Waals surface area contributed by atoms with E-state index in [1.54, 1.807) is 28.3 Å². The zero-order chi connectivity index (χ0) is 20.1. The van der Waals surface area contributed by atoms with Gasteiger partial charge in [-0.15, -0.1) is 11.3 Å². The van der Waals surface area contributed by atoms with E-state index in [1.165, 1.54) is 4.88 Å². The van der Waals surface area contributed by atoms with Gasteiger partial charge in [-0.1, -0.05) is 25.9 Å². The van der Waals surface area contributed by atoms with Crippen LogP contribution in [0, 0.1) is 18.3 Å². The highest BCUT2D eigenvalue weighted by atomic mass is 32.1. The van der Waals surface area contributed by atoms with Crippen LogP contribution in [0.2, 0.25) is 0 Å². The predicted molar refractivity (Wildman–Crippen MR) is 108 cm³/mol. The van der Waals surface area contributed by atoms with Crippen molar-refractivity contribution in [3.8, 4) is 11.3 Å². The molecule has 4 rings (SSSR count). The number of carbonyl (C=O) groups excluding carboxylic acids is 1. The van der Waals surface area contributed by atoms with Crippen LogP contribution in [0.3, 0.4) is 0 Å². The molecule has 0 bridgehead atoms. The number of anilines is 1. The van der Waals surface area contributed by atoms with Crippen molar-refractivity contribution >= 4 is 22.4 Å². The first kappa shape index (κ1) is 18.9. The second kappa shape index (κ2) is 6.84. The molecule has 0 radical (unpaired) electrons. The molecule has 3 aromatic rings. The zero-order valence-electron chi connectivity index (χ0n) is 16.9. The van der Waals surface area contributed by atoms with Crippen LogP contribution in [-0.4, -0.2) is 25.8 Å². The molecule has 28 heavy (non-hydrogen) atoms. The van der Waals surface area contributed by atoms with Gasteiger partial charge in [0.05, 0.1) is 11.9 Å². The Morgan fingerprint density at radius 1 is 1.39 bits per heavy atom. The minimum atomic E-state index is -0.334. The monoisotopic (exact) mass is 399 g/mol. The topological polar surface area (TPSA) is 85.8 Å². The molecular formula is C20H25N5O2S. The van der Waals surface area contributed by atoms with E-state index in [-0.39, 0.29) is 17.1 Å². The van der Waals surface area contributed by atoms with Crippen LogP contribution < -0.4 is 5.32 Å². The standard InChI is InChI=1S/C20H25N5O2S/c1-11-13(10-21-25(11)5)15-9-16(27-24-15)18(26)23-19-22-14-7-6-12(20(2,3)4)8-17(14)28-19/h9-10,12H,6-8H2,1-5H3,(H,22,23,26). The largest absolute Gasteiger partial charge is 0.350 e. The Kier molecular flexibility index (Phi) is 4.61. The molecule has 7 nitrogen and oxygen atoms in total. The van der Waals surface area contributed by atoms with Crippen molar-refractivity contribution in [1.82, 2.24) is 19.9 Å². The normalized spacial score (nSPS) is 16.8. The zero-order valence-corrected chi connectivity index (χ0v) is 17.7. The highest BCUT2D eigenvalue weighted by Gasteiger charge is 2.31. The van der Waals surface area contributed by atoms with E-state index in [4.69, 9.17) is 4.52 Å². The minimum absolute atomic E-state index is 0.166. The number of amides is 1. The SMILES string of the molecule is Cc1c(-c2cc(C(=O)Nc3nc4c(s3)CC(C(C)(C)C)CC4)on2)cnn1C. The quantitative estimate of drug-likeness (QED) is 0.712. The van der Waals surface area contributed by atoms with Gasteiger partial charge in [0.15, 0.2) is 5.13 Å². The fraction of sp³-hybridized carbons (Fsp3) is 0.500. The summed E-state index contributed by atoms with van der Waals surface area (Å²) in [5.41, 5.74) is 3.81. The molecule has 1 atom stereocenters. The number of rotatable bonds is 3. The van der Waals surface area contributed by atoms with Crippen molar-refractivity contribution in [3.63, 3.8) is 0 Å². The third kappa shape index (κ3) is 3.48. The molecule has 0 saturated heterocycles. The molecule has 3 aromatic heterocycles. The van der Waals surface area contributed by atoms with E-state index in [1.807, 2.05) is 14.0 Å². The van der Waals surface area contributed by atoms with Crippen LogP contribution in [0.5, 0.6) is 0 Å². The molecule has 148 valence electrons. The Bertz CT molecular complexity index is 1020. The van der Waals surface area contributed by atoms with Crippen LogP contribution in [-0.2, 0) is 19.9 Å². The Balaban J connectivity index is 1.48. The van der Waals surface area contributed by atoms with Gasteiger partial charge < -0.3 is 4.52 Å². The maximum absolute atomic E-state index is 12.6. The lowest BCUT2D eigenvalue weighted by Crippen LogP contribution is -2.26. The molecule has 0 fully saturated rings. The second-order valence-corrected chi connectivity index (χ2v) is 9.58. The summed E-state index contributed by atoms with van der Waals surface area (Å²) >= 11 is 1.57. The third-order valence-corrected chi connectivity index (χ3v) is 6.67. The minimum Gasteiger partial charge on any atom is -0.350 e. The molecule has 1 amide bonds. The summed E-state index contributed by atoms with van der Waals surface area (Å²) in [7, 11) is 1.86. The number of fused-ring (bicyclic) bond motifs is 1. The molecule has 0 aromatic carbocycles. The number of hydrogen-bond donors (Lipinski definition) is 1. The van der Waals surface area contributed by atoms with Crippen molar-refractivity contribution in [2.24, 2.45) is 18.4 Å². The number of carbonyl (C=O) groups is 1. The second-order valence-electron chi connectivity index (χ2n) is 8.49. The Morgan fingerprint density at radius 3 is 2.86 bits per heavy atom. The number of aryl methyl sites for hydroxylation is 2. The summed E-state index contributed by atoms with van der Waals surface area (Å²) in [5, 5.41) is 11.7. The summed E-state index contributed by atoms with van der Waals surface area (Å²) in [6.07, 6.45) is 4.86. The van der Waals surface area contributed by atoms with Gasteiger partial charge >= 0.3 is 0 Å². The maximum Gasteiger partial charge on any atom is 0.296 e. The van der Waals surface area contributed by atoms with Crippen molar-refractivity contribution in [3.05, 3.63) is 34.3 Å². The molecule has 1 aliphatic carbocycles. The summed E-state index contributed by atoms with van der Waals surface area (Å²) < 4.78 is 7.02. The first-order valence-corrected chi connectivity index (χ1v) is 10.3. The van der Waals surface area contributed by atoms with Crippen molar-refractivity contribution < 1.29 is 9.32 Å². The van der Waals surface area contributed by atoms with Gasteiger partial charge in [-0.25, -0.2) is 4.98 Å². The van der Waals surface area contributed by atoms with Gasteiger partial charge in [0, 0.05) is 29.2 Å². The van der Waals surface area contributed by atoms with Gasteiger partial charge in [0.1, 0.15) is 5.69 Å². The van der Waals surface area contributed by atoms with Crippen LogP contribution in [0.1, 0.15) is 54.0 Å². The highest BCUT2D eigenvalue weighted by molar-refractivity contribution is 7.15. The van der Waals surface area contributed by atoms with Crippen LogP contribution >= 0.6 is 11.3 Å². The predicted octanol–water partition coefficient (Wildman–Crippen LogP) is 4.24. The number of thiazole rings is 1. The molecule has 1 N–H and O–H groups in total. The third-order valence-electron chi connectivity index (χ3n) is 5.63. The summed E-state index contributed by atoms with van der Waals surface area (Å²) in [5.74, 6) is 0.473. The number of hydrogen-bond acceptors (Lipinski definition) is 6. The number of nitrogens with zero attached hydrogens (tertiary/aromatic N) is 4. The summed E-state index contributed by atoms with van der Waals surface area (Å²) in [6, 6.07) is 1.64. The van der Waals surface area contributed by atoms with E-state index in [0.717, 1.165) is 36.2 Å². The molecule has 1 unspecified atom stereocenters. The van der Waals surface area contributed by atoms with Crippen molar-refractivity contribution in [2.45, 2.75) is 47.0 Å². The average molecular weight is 400 g/mol. The van der Waals surface area contributed by atoms with Gasteiger partial charge in [0.2, 0.25) is 5.76 Å². The van der Waals surface area contributed by atoms with Gasteiger partial charge in [-0.05, 0) is 37.5 Å². The van der Waals surface area contributed by atoms with E-state index >= 15 is 0 Å². The fourth-order valence-electron chi connectivity index (χ4n) is 3.59. The summed E-state index contributed by atoms with van der Waals surface area (Å²) in [6.45, 7) is 8.81. The fourth-order valence-corrected chi connectivity index (χ4v) is 4.67. The average Bonchev–Trinajstić information content (AvgIpc) is 3.33. The van der Waals surface area contributed by atoms with Crippen LogP contribution in [0.25, 0.3) is 11.3 Å². The van der Waals surface area contributed by atoms with Crippen LogP contribution in [0.15, 0.2) is 16.8 Å². The molecule has 0 spiro atoms. The highest BCUT2D eigenvalue weighted by Crippen LogP contribution is 2.40. The van der Waals surface area contributed by atoms with E-state index in [2.05, 4.69) is 41.3 Å². The summed E-state index contributed by atoms with van der Waals surface area (Å²) in [4.78, 5) is 18.5. The lowest BCUT2D eigenvalue weighted by Gasteiger charge is -2.33. The number of nitrogens with one attached hydrogen (secondary N) is 1. The Hall–Kier alpha value is -2.48. The Labute approximate surface area is 168 Å². The van der Waals surface area contributed by atoms with Crippen LogP contribution in [0.4, 0.5) is 5.13 Å². The van der Waals surface area contributed by atoms with E-state index < -0.39 is 0 Å². The van der Waals surface area contributed by atoms with Crippen molar-refractivity contribution in [1.29, 1.82) is 0 Å². The lowest BCUT2D eigenvalue weighted by atomic mass is 9.73. The van der Waals surface area contributed by atoms with Crippen molar-refractivity contribution in [2.75, 3.05) is 5.32 Å². The molecule has 1 aliphatic rings. The Morgan fingerprint density at radius 2 is 2.18 bits per heavy atom. The first-order valence-electron chi connectivity index (χ1n) is 9.48. The smallest absolute Gasteiger partial charge is 0.296 e. The molecule has 3 heterocycles. The molecule has 0 aliphatic heterocycles. The first-order chi connectivity index (χ1) is 13.2. The van der Waals surface area contributed by atoms with Gasteiger partial charge in [0.25, 0.3) is 5.91 Å². The van der Waals surface area contributed by atoms with Gasteiger partial charge in [-0.3, -0.25) is 14.8 Å². The number of aromatic nitrogens is 4. The lowest BCUT2D eigenvalue weighted by molar-refractivity contribution is 0.0988. The van der Waals surface area contributed by atoms with E-state index in [0.29, 0.717) is 16.7 Å². The molecule has 8 heteroatoms. The van der Waals surface area contributed by atoms with E-state index in [9.17, 15) is 4.79 Å². The van der Waals surface area contributed by atoms with Gasteiger partial charge in [-0.2, -0.15) is 5.10 Å².